The zero-order chi connectivity index (χ0) is 13.7. The van der Waals surface area contributed by atoms with Gasteiger partial charge in [-0.2, -0.15) is 0 Å². The highest BCUT2D eigenvalue weighted by Crippen LogP contribution is 2.17. The van der Waals surface area contributed by atoms with Gasteiger partial charge in [0.05, 0.1) is 13.2 Å². The summed E-state index contributed by atoms with van der Waals surface area (Å²) in [5.41, 5.74) is 0. The Morgan fingerprint density at radius 2 is 2.42 bits per heavy atom. The lowest BCUT2D eigenvalue weighted by Gasteiger charge is -2.31. The van der Waals surface area contributed by atoms with E-state index in [0.29, 0.717) is 17.6 Å². The summed E-state index contributed by atoms with van der Waals surface area (Å²) in [5, 5.41) is 12.0. The maximum Gasteiger partial charge on any atom is 0.240 e. The van der Waals surface area contributed by atoms with E-state index < -0.39 is 0 Å². The number of carbonyl (C=O) groups is 1. The molecule has 1 fully saturated rings. The van der Waals surface area contributed by atoms with Gasteiger partial charge in [0.25, 0.3) is 0 Å². The number of ether oxygens (including phenoxy) is 1. The van der Waals surface area contributed by atoms with Gasteiger partial charge in [-0.3, -0.25) is 15.0 Å². The summed E-state index contributed by atoms with van der Waals surface area (Å²) in [5.74, 6) is 0.518. The van der Waals surface area contributed by atoms with Crippen molar-refractivity contribution >= 4 is 22.4 Å². The second-order valence-corrected chi connectivity index (χ2v) is 6.05. The highest BCUT2D eigenvalue weighted by molar-refractivity contribution is 7.15. The van der Waals surface area contributed by atoms with Crippen LogP contribution in [-0.2, 0) is 9.53 Å². The normalized spacial score (nSPS) is 20.4. The van der Waals surface area contributed by atoms with Crippen LogP contribution in [0.2, 0.25) is 0 Å². The largest absolute Gasteiger partial charge is 0.384 e. The lowest BCUT2D eigenvalue weighted by Crippen LogP contribution is -2.41. The van der Waals surface area contributed by atoms with Gasteiger partial charge in [0.15, 0.2) is 0 Å². The minimum atomic E-state index is -0.0192. The summed E-state index contributed by atoms with van der Waals surface area (Å²) in [7, 11) is 1.73. The molecule has 0 saturated carbocycles. The molecule has 0 aromatic carbocycles. The van der Waals surface area contributed by atoms with Gasteiger partial charge in [0, 0.05) is 13.7 Å². The summed E-state index contributed by atoms with van der Waals surface area (Å²) in [4.78, 5) is 14.1. The summed E-state index contributed by atoms with van der Waals surface area (Å²) in [6, 6.07) is 0. The van der Waals surface area contributed by atoms with Gasteiger partial charge in [0.2, 0.25) is 11.0 Å². The zero-order valence-corrected chi connectivity index (χ0v) is 12.2. The second-order valence-electron chi connectivity index (χ2n) is 4.87. The van der Waals surface area contributed by atoms with Gasteiger partial charge >= 0.3 is 0 Å². The quantitative estimate of drug-likeness (QED) is 0.878. The van der Waals surface area contributed by atoms with E-state index in [9.17, 15) is 4.79 Å². The number of hydrogen-bond acceptors (Lipinski definition) is 6. The molecular weight excluding hydrogens is 264 g/mol. The first kappa shape index (κ1) is 14.4. The predicted molar refractivity (Wildman–Crippen MR) is 74.3 cm³/mol. The average Bonchev–Trinajstić information content (AvgIpc) is 2.75. The smallest absolute Gasteiger partial charge is 0.240 e. The van der Waals surface area contributed by atoms with E-state index in [4.69, 9.17) is 4.74 Å². The van der Waals surface area contributed by atoms with Crippen LogP contribution in [0.25, 0.3) is 0 Å². The van der Waals surface area contributed by atoms with E-state index in [-0.39, 0.29) is 5.91 Å². The first-order valence-electron chi connectivity index (χ1n) is 6.48. The van der Waals surface area contributed by atoms with Crippen LogP contribution in [0.4, 0.5) is 5.13 Å². The number of aromatic nitrogens is 2. The molecule has 106 valence electrons. The SMILES string of the molecule is COC[C@@H]1CCCN(CC(=O)Nc2nnc(C)s2)C1. The Bertz CT molecular complexity index is 422. The third-order valence-corrected chi connectivity index (χ3v) is 3.90. The lowest BCUT2D eigenvalue weighted by molar-refractivity contribution is -0.117. The minimum absolute atomic E-state index is 0.0192. The number of amides is 1. The van der Waals surface area contributed by atoms with E-state index in [1.807, 2.05) is 6.92 Å². The Morgan fingerprint density at radius 3 is 3.11 bits per heavy atom. The molecule has 2 heterocycles. The Morgan fingerprint density at radius 1 is 1.58 bits per heavy atom. The average molecular weight is 284 g/mol. The van der Waals surface area contributed by atoms with E-state index in [1.165, 1.54) is 17.8 Å². The molecule has 0 bridgehead atoms. The van der Waals surface area contributed by atoms with Crippen molar-refractivity contribution in [3.8, 4) is 0 Å². The van der Waals surface area contributed by atoms with Gasteiger partial charge in [-0.05, 0) is 32.2 Å². The molecule has 1 aromatic rings. The van der Waals surface area contributed by atoms with Gasteiger partial charge < -0.3 is 4.74 Å². The van der Waals surface area contributed by atoms with E-state index in [0.717, 1.165) is 31.1 Å². The maximum absolute atomic E-state index is 11.9. The molecular formula is C12H20N4O2S. The molecule has 1 aliphatic rings. The number of likely N-dealkylation sites (tertiary alicyclic amines) is 1. The summed E-state index contributed by atoms with van der Waals surface area (Å²) in [6.45, 7) is 4.96. The van der Waals surface area contributed by atoms with E-state index in [1.54, 1.807) is 7.11 Å². The minimum Gasteiger partial charge on any atom is -0.384 e. The van der Waals surface area contributed by atoms with Crippen LogP contribution in [0, 0.1) is 12.8 Å². The molecule has 6 nitrogen and oxygen atoms in total. The Labute approximate surface area is 117 Å². The van der Waals surface area contributed by atoms with Gasteiger partial charge in [-0.1, -0.05) is 11.3 Å². The van der Waals surface area contributed by atoms with Crippen molar-refractivity contribution in [1.82, 2.24) is 15.1 Å². The molecule has 1 aromatic heterocycles. The number of nitrogens with zero attached hydrogens (tertiary/aromatic N) is 3. The zero-order valence-electron chi connectivity index (χ0n) is 11.4. The number of nitrogens with one attached hydrogen (secondary N) is 1. The van der Waals surface area contributed by atoms with Gasteiger partial charge in [-0.25, -0.2) is 0 Å². The van der Waals surface area contributed by atoms with Crippen LogP contribution in [0.15, 0.2) is 0 Å². The van der Waals surface area contributed by atoms with Crippen LogP contribution >= 0.6 is 11.3 Å². The summed E-state index contributed by atoms with van der Waals surface area (Å²) >= 11 is 1.39. The van der Waals surface area contributed by atoms with Gasteiger partial charge in [0.1, 0.15) is 5.01 Å². The number of methoxy groups -OCH3 is 1. The van der Waals surface area contributed by atoms with Crippen LogP contribution in [0.5, 0.6) is 0 Å². The van der Waals surface area contributed by atoms with Crippen molar-refractivity contribution in [3.05, 3.63) is 5.01 Å². The van der Waals surface area contributed by atoms with Crippen molar-refractivity contribution in [2.45, 2.75) is 19.8 Å². The Hall–Kier alpha value is -1.05. The molecule has 1 saturated heterocycles. The van der Waals surface area contributed by atoms with E-state index in [2.05, 4.69) is 20.4 Å². The molecule has 0 unspecified atom stereocenters. The summed E-state index contributed by atoms with van der Waals surface area (Å²) in [6.07, 6.45) is 2.31. The Balaban J connectivity index is 1.78. The third kappa shape index (κ3) is 4.52. The third-order valence-electron chi connectivity index (χ3n) is 3.15. The first-order valence-corrected chi connectivity index (χ1v) is 7.30. The van der Waals surface area contributed by atoms with Crippen molar-refractivity contribution in [2.24, 2.45) is 5.92 Å². The molecule has 2 rings (SSSR count). The number of carbonyl (C=O) groups excluding carboxylic acids is 1. The standard InChI is InChI=1S/C12H20N4O2S/c1-9-14-15-12(19-9)13-11(17)7-16-5-3-4-10(6-16)8-18-2/h10H,3-8H2,1-2H3,(H,13,15,17)/t10-/m1/s1. The maximum atomic E-state index is 11.9. The van der Waals surface area contributed by atoms with Crippen LogP contribution in [0.3, 0.4) is 0 Å². The number of aryl methyl sites for hydroxylation is 1. The Kier molecular flexibility index (Phi) is 5.24. The van der Waals surface area contributed by atoms with Crippen LogP contribution in [-0.4, -0.2) is 54.4 Å². The molecule has 1 amide bonds. The van der Waals surface area contributed by atoms with Crippen molar-refractivity contribution in [1.29, 1.82) is 0 Å². The molecule has 0 spiro atoms. The number of anilines is 1. The van der Waals surface area contributed by atoms with Crippen molar-refractivity contribution in [3.63, 3.8) is 0 Å². The van der Waals surface area contributed by atoms with Crippen molar-refractivity contribution in [2.75, 3.05) is 38.7 Å². The highest BCUT2D eigenvalue weighted by Gasteiger charge is 2.21. The number of hydrogen-bond donors (Lipinski definition) is 1. The molecule has 1 atom stereocenters. The van der Waals surface area contributed by atoms with Crippen molar-refractivity contribution < 1.29 is 9.53 Å². The molecule has 19 heavy (non-hydrogen) atoms. The molecule has 1 aliphatic heterocycles. The summed E-state index contributed by atoms with van der Waals surface area (Å²) < 4.78 is 5.19. The molecule has 0 radical (unpaired) electrons. The predicted octanol–water partition coefficient (Wildman–Crippen LogP) is 1.14. The second kappa shape index (κ2) is 6.93. The molecule has 0 aliphatic carbocycles. The fourth-order valence-electron chi connectivity index (χ4n) is 2.38. The fraction of sp³-hybridized carbons (Fsp3) is 0.750. The highest BCUT2D eigenvalue weighted by atomic mass is 32.1. The fourth-order valence-corrected chi connectivity index (χ4v) is 2.98. The number of rotatable bonds is 5. The van der Waals surface area contributed by atoms with E-state index >= 15 is 0 Å². The van der Waals surface area contributed by atoms with Crippen LogP contribution in [0.1, 0.15) is 17.8 Å². The molecule has 7 heteroatoms. The number of piperidine rings is 1. The lowest BCUT2D eigenvalue weighted by atomic mass is 9.99. The van der Waals surface area contributed by atoms with Gasteiger partial charge in [-0.15, -0.1) is 10.2 Å². The molecule has 1 N–H and O–H groups in total. The monoisotopic (exact) mass is 284 g/mol. The van der Waals surface area contributed by atoms with Crippen LogP contribution < -0.4 is 5.32 Å². The topological polar surface area (TPSA) is 67.3 Å². The first-order chi connectivity index (χ1) is 9.17.